The quantitative estimate of drug-likeness (QED) is 0.748. The average Bonchev–Trinajstić information content (AvgIpc) is 3.21. The van der Waals surface area contributed by atoms with E-state index < -0.39 is 0 Å². The number of aromatic nitrogens is 3. The van der Waals surface area contributed by atoms with Gasteiger partial charge in [-0.05, 0) is 18.6 Å². The van der Waals surface area contributed by atoms with Gasteiger partial charge in [0.25, 0.3) is 5.91 Å². The zero-order valence-electron chi connectivity index (χ0n) is 13.1. The van der Waals surface area contributed by atoms with Crippen LogP contribution < -0.4 is 5.32 Å². The summed E-state index contributed by atoms with van der Waals surface area (Å²) in [5.41, 5.74) is 0.941. The molecule has 0 saturated heterocycles. The summed E-state index contributed by atoms with van der Waals surface area (Å²) in [5, 5.41) is 5.32. The van der Waals surface area contributed by atoms with Gasteiger partial charge < -0.3 is 9.88 Å². The lowest BCUT2D eigenvalue weighted by Gasteiger charge is -2.13. The zero-order chi connectivity index (χ0) is 16.9. The molecule has 124 valence electrons. The molecule has 1 N–H and O–H groups in total. The van der Waals surface area contributed by atoms with Crippen molar-refractivity contribution in [2.75, 3.05) is 0 Å². The van der Waals surface area contributed by atoms with Crippen molar-refractivity contribution >= 4 is 17.2 Å². The molecule has 1 aromatic carbocycles. The van der Waals surface area contributed by atoms with Gasteiger partial charge in [0.2, 0.25) is 0 Å². The van der Waals surface area contributed by atoms with E-state index >= 15 is 0 Å². The van der Waals surface area contributed by atoms with Crippen molar-refractivity contribution in [3.05, 3.63) is 70.4 Å². The number of benzene rings is 1. The molecule has 24 heavy (non-hydrogen) atoms. The number of carbonyl (C=O) groups excluding carboxylic acids is 1. The average molecular weight is 344 g/mol. The van der Waals surface area contributed by atoms with Crippen LogP contribution in [0.2, 0.25) is 0 Å². The summed E-state index contributed by atoms with van der Waals surface area (Å²) in [6.07, 6.45) is 5.63. The predicted molar refractivity (Wildman–Crippen MR) is 90.5 cm³/mol. The predicted octanol–water partition coefficient (Wildman–Crippen LogP) is 2.89. The second-order valence-electron chi connectivity index (χ2n) is 5.53. The smallest absolute Gasteiger partial charge is 0.271 e. The summed E-state index contributed by atoms with van der Waals surface area (Å²) in [7, 11) is 0. The Balaban J connectivity index is 1.60. The highest BCUT2D eigenvalue weighted by Gasteiger charge is 2.14. The molecular weight excluding hydrogens is 327 g/mol. The summed E-state index contributed by atoms with van der Waals surface area (Å²) >= 11 is 1.36. The maximum atomic E-state index is 13.7. The van der Waals surface area contributed by atoms with Gasteiger partial charge in [0.05, 0.1) is 11.3 Å². The van der Waals surface area contributed by atoms with Crippen molar-refractivity contribution in [3.63, 3.8) is 0 Å². The standard InChI is InChI=1S/C17H17FN4OS/c1-12(9-22-7-6-19-11-22)20-17(23)15-10-24-16(21-15)8-13-4-2-3-5-14(13)18/h2-7,10-12H,8-9H2,1H3,(H,20,23)/t12-/m1/s1. The lowest BCUT2D eigenvalue weighted by Crippen LogP contribution is -2.35. The Bertz CT molecular complexity index is 816. The first-order valence-electron chi connectivity index (χ1n) is 7.56. The molecule has 0 aliphatic rings. The maximum absolute atomic E-state index is 13.7. The fourth-order valence-corrected chi connectivity index (χ4v) is 3.15. The summed E-state index contributed by atoms with van der Waals surface area (Å²) in [6.45, 7) is 2.56. The molecule has 0 radical (unpaired) electrons. The molecule has 0 unspecified atom stereocenters. The highest BCUT2D eigenvalue weighted by atomic mass is 32.1. The molecule has 1 amide bonds. The van der Waals surface area contributed by atoms with Gasteiger partial charge in [-0.2, -0.15) is 0 Å². The van der Waals surface area contributed by atoms with Crippen molar-refractivity contribution in [1.82, 2.24) is 19.9 Å². The highest BCUT2D eigenvalue weighted by Crippen LogP contribution is 2.17. The Morgan fingerprint density at radius 2 is 2.25 bits per heavy atom. The first-order chi connectivity index (χ1) is 11.6. The van der Waals surface area contributed by atoms with Gasteiger partial charge >= 0.3 is 0 Å². The Labute approximate surface area is 143 Å². The van der Waals surface area contributed by atoms with Crippen molar-refractivity contribution in [1.29, 1.82) is 0 Å². The number of halogens is 1. The van der Waals surface area contributed by atoms with Crippen LogP contribution in [-0.4, -0.2) is 26.5 Å². The third-order valence-electron chi connectivity index (χ3n) is 3.51. The van der Waals surface area contributed by atoms with Gasteiger partial charge in [0, 0.05) is 36.8 Å². The van der Waals surface area contributed by atoms with Gasteiger partial charge in [-0.1, -0.05) is 18.2 Å². The van der Waals surface area contributed by atoms with E-state index in [2.05, 4.69) is 15.3 Å². The highest BCUT2D eigenvalue weighted by molar-refractivity contribution is 7.09. The summed E-state index contributed by atoms with van der Waals surface area (Å²) in [4.78, 5) is 20.5. The fourth-order valence-electron chi connectivity index (χ4n) is 2.36. The van der Waals surface area contributed by atoms with E-state index in [0.717, 1.165) is 0 Å². The number of thiazole rings is 1. The lowest BCUT2D eigenvalue weighted by molar-refractivity contribution is 0.0932. The van der Waals surface area contributed by atoms with Crippen LogP contribution >= 0.6 is 11.3 Å². The van der Waals surface area contributed by atoms with Crippen LogP contribution in [0.4, 0.5) is 4.39 Å². The van der Waals surface area contributed by atoms with Gasteiger partial charge in [0.15, 0.2) is 0 Å². The molecule has 0 bridgehead atoms. The van der Waals surface area contributed by atoms with Gasteiger partial charge in [-0.25, -0.2) is 14.4 Å². The van der Waals surface area contributed by atoms with Gasteiger partial charge in [-0.3, -0.25) is 4.79 Å². The number of imidazole rings is 1. The van der Waals surface area contributed by atoms with Gasteiger partial charge in [0.1, 0.15) is 11.5 Å². The monoisotopic (exact) mass is 344 g/mol. The normalized spacial score (nSPS) is 12.1. The number of rotatable bonds is 6. The molecule has 0 aliphatic carbocycles. The van der Waals surface area contributed by atoms with Crippen LogP contribution in [0.15, 0.2) is 48.4 Å². The molecular formula is C17H17FN4OS. The minimum absolute atomic E-state index is 0.0524. The van der Waals surface area contributed by atoms with Crippen LogP contribution in [-0.2, 0) is 13.0 Å². The molecule has 3 aromatic rings. The lowest BCUT2D eigenvalue weighted by atomic mass is 10.1. The van der Waals surface area contributed by atoms with Crippen LogP contribution in [0.3, 0.4) is 0 Å². The number of nitrogens with zero attached hydrogens (tertiary/aromatic N) is 3. The summed E-state index contributed by atoms with van der Waals surface area (Å²) < 4.78 is 15.6. The zero-order valence-corrected chi connectivity index (χ0v) is 14.0. The molecule has 3 rings (SSSR count). The molecule has 1 atom stereocenters. The number of amides is 1. The number of hydrogen-bond donors (Lipinski definition) is 1. The van der Waals surface area contributed by atoms with E-state index in [4.69, 9.17) is 0 Å². The van der Waals surface area contributed by atoms with E-state index in [1.165, 1.54) is 17.4 Å². The second kappa shape index (κ2) is 7.35. The molecule has 0 spiro atoms. The Morgan fingerprint density at radius 3 is 3.00 bits per heavy atom. The van der Waals surface area contributed by atoms with Crippen LogP contribution in [0.25, 0.3) is 0 Å². The number of hydrogen-bond acceptors (Lipinski definition) is 4. The van der Waals surface area contributed by atoms with Crippen LogP contribution in [0, 0.1) is 5.82 Å². The summed E-state index contributed by atoms with van der Waals surface area (Å²) in [5.74, 6) is -0.480. The molecule has 2 aromatic heterocycles. The molecule has 5 nitrogen and oxygen atoms in total. The fraction of sp³-hybridized carbons (Fsp3) is 0.235. The molecule has 0 fully saturated rings. The Morgan fingerprint density at radius 1 is 1.42 bits per heavy atom. The van der Waals surface area contributed by atoms with E-state index in [1.807, 2.05) is 17.7 Å². The van der Waals surface area contributed by atoms with E-state index in [9.17, 15) is 9.18 Å². The Kier molecular flexibility index (Phi) is 5.00. The first-order valence-corrected chi connectivity index (χ1v) is 8.44. The van der Waals surface area contributed by atoms with E-state index in [0.29, 0.717) is 29.2 Å². The third kappa shape index (κ3) is 4.05. The van der Waals surface area contributed by atoms with Crippen LogP contribution in [0.1, 0.15) is 28.0 Å². The number of nitrogens with one attached hydrogen (secondary N) is 1. The minimum Gasteiger partial charge on any atom is -0.346 e. The van der Waals surface area contributed by atoms with Gasteiger partial charge in [-0.15, -0.1) is 11.3 Å². The van der Waals surface area contributed by atoms with E-state index in [-0.39, 0.29) is 17.8 Å². The van der Waals surface area contributed by atoms with Crippen molar-refractivity contribution < 1.29 is 9.18 Å². The second-order valence-corrected chi connectivity index (χ2v) is 6.47. The van der Waals surface area contributed by atoms with Crippen molar-refractivity contribution in [2.45, 2.75) is 25.9 Å². The topological polar surface area (TPSA) is 59.8 Å². The minimum atomic E-state index is -0.257. The molecule has 0 saturated carbocycles. The Hall–Kier alpha value is -2.54. The molecule has 0 aliphatic heterocycles. The maximum Gasteiger partial charge on any atom is 0.271 e. The molecule has 2 heterocycles. The first kappa shape index (κ1) is 16.3. The molecule has 7 heteroatoms. The van der Waals surface area contributed by atoms with Crippen molar-refractivity contribution in [3.8, 4) is 0 Å². The van der Waals surface area contributed by atoms with E-state index in [1.54, 1.807) is 36.1 Å². The third-order valence-corrected chi connectivity index (χ3v) is 4.35. The summed E-state index contributed by atoms with van der Waals surface area (Å²) in [6, 6.07) is 6.54. The number of carbonyl (C=O) groups is 1. The van der Waals surface area contributed by atoms with Crippen molar-refractivity contribution in [2.24, 2.45) is 0 Å². The largest absolute Gasteiger partial charge is 0.346 e. The van der Waals surface area contributed by atoms with Crippen LogP contribution in [0.5, 0.6) is 0 Å². The SMILES string of the molecule is C[C@H](Cn1ccnc1)NC(=O)c1csc(Cc2ccccc2F)n1.